The van der Waals surface area contributed by atoms with E-state index < -0.39 is 22.0 Å². The Morgan fingerprint density at radius 2 is 1.90 bits per heavy atom. The first-order valence-corrected chi connectivity index (χ1v) is 12.2. The molecular formula is C20H28N4O4S2. The van der Waals surface area contributed by atoms with Crippen molar-refractivity contribution >= 4 is 37.4 Å². The van der Waals surface area contributed by atoms with Crippen molar-refractivity contribution in [1.82, 2.24) is 9.71 Å². The number of aryl methyl sites for hydroxylation is 1. The summed E-state index contributed by atoms with van der Waals surface area (Å²) in [7, 11) is -3.82. The molecule has 0 spiro atoms. The summed E-state index contributed by atoms with van der Waals surface area (Å²) in [6, 6.07) is 5.64. The maximum atomic E-state index is 12.9. The van der Waals surface area contributed by atoms with Crippen LogP contribution < -0.4 is 14.9 Å². The van der Waals surface area contributed by atoms with Gasteiger partial charge in [-0.2, -0.15) is 4.72 Å². The number of sulfonamides is 1. The molecule has 2 N–H and O–H groups in total. The number of nitrogens with zero attached hydrogens (tertiary/aromatic N) is 2. The summed E-state index contributed by atoms with van der Waals surface area (Å²) in [6.45, 7) is 8.66. The molecule has 1 aliphatic rings. The van der Waals surface area contributed by atoms with Gasteiger partial charge in [-0.15, -0.1) is 0 Å². The Bertz CT molecular complexity index is 951. The summed E-state index contributed by atoms with van der Waals surface area (Å²) in [5.41, 5.74) is 0.963. The molecule has 30 heavy (non-hydrogen) atoms. The molecule has 1 aliphatic heterocycles. The molecule has 1 aromatic heterocycles. The van der Waals surface area contributed by atoms with Crippen molar-refractivity contribution in [2.75, 3.05) is 36.5 Å². The number of hydrogen-bond donors (Lipinski definition) is 2. The molecular weight excluding hydrogens is 424 g/mol. The Kier molecular flexibility index (Phi) is 7.45. The Labute approximate surface area is 181 Å². The summed E-state index contributed by atoms with van der Waals surface area (Å²) in [5.74, 6) is -0.288. The highest BCUT2D eigenvalue weighted by molar-refractivity contribution is 7.89. The number of carbonyl (C=O) groups is 1. The van der Waals surface area contributed by atoms with E-state index in [9.17, 15) is 13.2 Å². The minimum absolute atomic E-state index is 0.127. The fourth-order valence-corrected chi connectivity index (χ4v) is 5.18. The van der Waals surface area contributed by atoms with Gasteiger partial charge in [-0.05, 0) is 31.4 Å². The van der Waals surface area contributed by atoms with Gasteiger partial charge in [-0.3, -0.25) is 4.79 Å². The molecule has 0 unspecified atom stereocenters. The molecule has 1 fully saturated rings. The zero-order valence-corrected chi connectivity index (χ0v) is 19.1. The van der Waals surface area contributed by atoms with Crippen LogP contribution in [0.3, 0.4) is 0 Å². The van der Waals surface area contributed by atoms with Crippen LogP contribution in [0.15, 0.2) is 35.4 Å². The Morgan fingerprint density at radius 1 is 1.23 bits per heavy atom. The van der Waals surface area contributed by atoms with Gasteiger partial charge in [0.2, 0.25) is 15.9 Å². The van der Waals surface area contributed by atoms with Crippen LogP contribution >= 0.6 is 11.3 Å². The number of morpholine rings is 1. The smallest absolute Gasteiger partial charge is 0.244 e. The first-order valence-electron chi connectivity index (χ1n) is 9.93. The predicted molar refractivity (Wildman–Crippen MR) is 119 cm³/mol. The van der Waals surface area contributed by atoms with Gasteiger partial charge in [0.05, 0.1) is 24.3 Å². The number of ether oxygens (including phenoxy) is 1. The molecule has 0 radical (unpaired) electrons. The monoisotopic (exact) mass is 452 g/mol. The third-order valence-corrected chi connectivity index (χ3v) is 7.16. The molecule has 1 amide bonds. The lowest BCUT2D eigenvalue weighted by atomic mass is 10.0. The molecule has 1 saturated heterocycles. The van der Waals surface area contributed by atoms with E-state index in [1.165, 1.54) is 23.5 Å². The molecule has 0 saturated carbocycles. The van der Waals surface area contributed by atoms with E-state index in [0.29, 0.717) is 24.8 Å². The summed E-state index contributed by atoms with van der Waals surface area (Å²) < 4.78 is 33.5. The molecule has 1 aromatic carbocycles. The van der Waals surface area contributed by atoms with Crippen LogP contribution in [-0.2, 0) is 19.6 Å². The van der Waals surface area contributed by atoms with Crippen molar-refractivity contribution in [1.29, 1.82) is 0 Å². The quantitative estimate of drug-likeness (QED) is 0.639. The number of carbonyl (C=O) groups excluding carboxylic acids is 1. The van der Waals surface area contributed by atoms with Gasteiger partial charge in [0, 0.05) is 13.1 Å². The second-order valence-electron chi connectivity index (χ2n) is 7.71. The lowest BCUT2D eigenvalue weighted by molar-refractivity contribution is -0.118. The highest BCUT2D eigenvalue weighted by atomic mass is 32.2. The maximum Gasteiger partial charge on any atom is 0.244 e. The van der Waals surface area contributed by atoms with E-state index >= 15 is 0 Å². The molecule has 10 heteroatoms. The van der Waals surface area contributed by atoms with E-state index in [0.717, 1.165) is 23.7 Å². The summed E-state index contributed by atoms with van der Waals surface area (Å²) in [5, 5.41) is 4.18. The molecule has 2 heterocycles. The number of hydrogen-bond acceptors (Lipinski definition) is 7. The van der Waals surface area contributed by atoms with Crippen molar-refractivity contribution in [2.45, 2.75) is 38.1 Å². The molecule has 2 aromatic rings. The first-order chi connectivity index (χ1) is 14.2. The molecule has 164 valence electrons. The molecule has 0 aliphatic carbocycles. The average Bonchev–Trinajstić information content (AvgIpc) is 3.16. The second-order valence-corrected chi connectivity index (χ2v) is 10.4. The summed E-state index contributed by atoms with van der Waals surface area (Å²) in [4.78, 5) is 19.5. The highest BCUT2D eigenvalue weighted by Gasteiger charge is 2.27. The van der Waals surface area contributed by atoms with Crippen LogP contribution in [0.4, 0.5) is 10.1 Å². The van der Waals surface area contributed by atoms with E-state index in [1.807, 2.05) is 20.8 Å². The van der Waals surface area contributed by atoms with Crippen molar-refractivity contribution in [3.63, 3.8) is 0 Å². The number of aromatic nitrogens is 1. The highest BCUT2D eigenvalue weighted by Crippen LogP contribution is 2.28. The number of anilines is 2. The third-order valence-electron chi connectivity index (χ3n) is 4.70. The van der Waals surface area contributed by atoms with Gasteiger partial charge < -0.3 is 15.0 Å². The van der Waals surface area contributed by atoms with Gasteiger partial charge in [0.25, 0.3) is 0 Å². The van der Waals surface area contributed by atoms with Crippen LogP contribution in [0, 0.1) is 12.8 Å². The number of amides is 1. The standard InChI is InChI=1S/C20H28N4O4S2/c1-14(2)12-17(23-30(26,27)16-6-4-15(3)5-7-16)19(25)22-20-21-13-18(29-20)24-8-10-28-11-9-24/h4-7,13-14,17,23H,8-12H2,1-3H3,(H,21,22,25)/t17-/m0/s1. The zero-order valence-electron chi connectivity index (χ0n) is 17.4. The SMILES string of the molecule is Cc1ccc(S(=O)(=O)N[C@@H](CC(C)C)C(=O)Nc2ncc(N3CCOCC3)s2)cc1. The molecule has 0 bridgehead atoms. The van der Waals surface area contributed by atoms with Crippen LogP contribution in [0.1, 0.15) is 25.8 Å². The molecule has 3 rings (SSSR count). The van der Waals surface area contributed by atoms with Crippen LogP contribution in [0.5, 0.6) is 0 Å². The van der Waals surface area contributed by atoms with E-state index in [2.05, 4.69) is 19.9 Å². The van der Waals surface area contributed by atoms with Gasteiger partial charge >= 0.3 is 0 Å². The number of thiazole rings is 1. The Morgan fingerprint density at radius 3 is 2.53 bits per heavy atom. The van der Waals surface area contributed by atoms with Gasteiger partial charge in [-0.1, -0.05) is 42.9 Å². The summed E-state index contributed by atoms with van der Waals surface area (Å²) >= 11 is 1.37. The van der Waals surface area contributed by atoms with E-state index in [-0.39, 0.29) is 10.8 Å². The van der Waals surface area contributed by atoms with Crippen molar-refractivity contribution in [3.8, 4) is 0 Å². The van der Waals surface area contributed by atoms with Crippen molar-refractivity contribution in [2.24, 2.45) is 5.92 Å². The van der Waals surface area contributed by atoms with Crippen LogP contribution in [0.2, 0.25) is 0 Å². The predicted octanol–water partition coefficient (Wildman–Crippen LogP) is 2.62. The summed E-state index contributed by atoms with van der Waals surface area (Å²) in [6.07, 6.45) is 2.10. The van der Waals surface area contributed by atoms with E-state index in [1.54, 1.807) is 18.3 Å². The largest absolute Gasteiger partial charge is 0.378 e. The number of benzene rings is 1. The first kappa shape index (κ1) is 22.7. The lowest BCUT2D eigenvalue weighted by Gasteiger charge is -2.26. The van der Waals surface area contributed by atoms with Crippen molar-refractivity contribution in [3.05, 3.63) is 36.0 Å². The average molecular weight is 453 g/mol. The number of rotatable bonds is 8. The van der Waals surface area contributed by atoms with Gasteiger partial charge in [0.15, 0.2) is 5.13 Å². The van der Waals surface area contributed by atoms with Crippen LogP contribution in [0.25, 0.3) is 0 Å². The van der Waals surface area contributed by atoms with Gasteiger partial charge in [0.1, 0.15) is 11.0 Å². The van der Waals surface area contributed by atoms with Gasteiger partial charge in [-0.25, -0.2) is 13.4 Å². The van der Waals surface area contributed by atoms with Crippen LogP contribution in [-0.4, -0.2) is 51.7 Å². The fraction of sp³-hybridized carbons (Fsp3) is 0.500. The Hall–Kier alpha value is -2.01. The Balaban J connectivity index is 1.71. The normalized spacial score (nSPS) is 15.9. The third kappa shape index (κ3) is 6.00. The second kappa shape index (κ2) is 9.86. The topological polar surface area (TPSA) is 101 Å². The van der Waals surface area contributed by atoms with Crippen molar-refractivity contribution < 1.29 is 17.9 Å². The van der Waals surface area contributed by atoms with E-state index in [4.69, 9.17) is 4.74 Å². The minimum Gasteiger partial charge on any atom is -0.378 e. The molecule has 1 atom stereocenters. The minimum atomic E-state index is -3.82. The maximum absolute atomic E-state index is 12.9. The zero-order chi connectivity index (χ0) is 21.7. The molecule has 8 nitrogen and oxygen atoms in total. The lowest BCUT2D eigenvalue weighted by Crippen LogP contribution is -2.44. The number of nitrogens with one attached hydrogen (secondary N) is 2. The fourth-order valence-electron chi connectivity index (χ4n) is 3.10.